The molecule has 0 aromatic heterocycles. The maximum absolute atomic E-state index is 11.3. The van der Waals surface area contributed by atoms with Crippen molar-refractivity contribution in [2.45, 2.75) is 38.2 Å². The molecule has 1 aliphatic rings. The molecule has 4 nitrogen and oxygen atoms in total. The second kappa shape index (κ2) is 6.74. The highest BCUT2D eigenvalue weighted by Gasteiger charge is 2.16. The molecule has 1 unspecified atom stereocenters. The Kier molecular flexibility index (Phi) is 5.57. The Balaban J connectivity index is 2.00. The third-order valence-electron chi connectivity index (χ3n) is 2.41. The van der Waals surface area contributed by atoms with Crippen molar-refractivity contribution in [3.8, 4) is 0 Å². The monoisotopic (exact) mass is 230 g/mol. The number of nitrogens with two attached hydrogens (primary N) is 1. The van der Waals surface area contributed by atoms with Crippen molar-refractivity contribution < 1.29 is 9.53 Å². The van der Waals surface area contributed by atoms with E-state index in [4.69, 9.17) is 22.7 Å². The van der Waals surface area contributed by atoms with Crippen molar-refractivity contribution in [3.05, 3.63) is 0 Å². The number of nitrogens with one attached hydrogen (secondary N) is 1. The molecule has 1 aliphatic heterocycles. The minimum absolute atomic E-state index is 0.0572. The standard InChI is InChI=1S/C10H18N2O2S/c11-9(15)5-6-12-10(13)4-3-8-2-1-7-14-8/h8H,1-7H2,(H2,11,15)(H,12,13). The van der Waals surface area contributed by atoms with Gasteiger partial charge in [-0.1, -0.05) is 12.2 Å². The first kappa shape index (κ1) is 12.4. The second-order valence-electron chi connectivity index (χ2n) is 3.74. The van der Waals surface area contributed by atoms with Gasteiger partial charge in [-0.3, -0.25) is 4.79 Å². The smallest absolute Gasteiger partial charge is 0.220 e. The third kappa shape index (κ3) is 5.69. The molecular weight excluding hydrogens is 212 g/mol. The lowest BCUT2D eigenvalue weighted by Crippen LogP contribution is -2.27. The summed E-state index contributed by atoms with van der Waals surface area (Å²) in [6.07, 6.45) is 4.40. The number of hydrogen-bond donors (Lipinski definition) is 2. The minimum atomic E-state index is 0.0572. The number of amides is 1. The van der Waals surface area contributed by atoms with Gasteiger partial charge in [0, 0.05) is 26.0 Å². The molecule has 0 saturated carbocycles. The predicted octanol–water partition coefficient (Wildman–Crippen LogP) is 0.738. The fourth-order valence-electron chi connectivity index (χ4n) is 1.58. The largest absolute Gasteiger partial charge is 0.393 e. The number of ether oxygens (including phenoxy) is 1. The van der Waals surface area contributed by atoms with Gasteiger partial charge >= 0.3 is 0 Å². The molecular formula is C10H18N2O2S. The quantitative estimate of drug-likeness (QED) is 0.661. The molecule has 1 fully saturated rings. The molecule has 0 radical (unpaired) electrons. The van der Waals surface area contributed by atoms with Crippen molar-refractivity contribution in [2.75, 3.05) is 13.2 Å². The zero-order valence-electron chi connectivity index (χ0n) is 8.83. The van der Waals surface area contributed by atoms with Gasteiger partial charge in [0.2, 0.25) is 5.91 Å². The first-order valence-electron chi connectivity index (χ1n) is 5.35. The molecule has 3 N–H and O–H groups in total. The highest BCUT2D eigenvalue weighted by Crippen LogP contribution is 2.16. The Morgan fingerprint density at radius 3 is 2.93 bits per heavy atom. The SMILES string of the molecule is NC(=S)CCNC(=O)CCC1CCCO1. The van der Waals surface area contributed by atoms with Crippen LogP contribution in [0, 0.1) is 0 Å². The average Bonchev–Trinajstić information content (AvgIpc) is 2.66. The van der Waals surface area contributed by atoms with Crippen molar-refractivity contribution in [1.82, 2.24) is 5.32 Å². The lowest BCUT2D eigenvalue weighted by atomic mass is 10.1. The summed E-state index contributed by atoms with van der Waals surface area (Å²) in [5.41, 5.74) is 5.31. The zero-order valence-corrected chi connectivity index (χ0v) is 9.65. The third-order valence-corrected chi connectivity index (χ3v) is 2.62. The molecule has 1 saturated heterocycles. The first-order chi connectivity index (χ1) is 7.18. The normalized spacial score (nSPS) is 20.1. The summed E-state index contributed by atoms with van der Waals surface area (Å²) in [4.78, 5) is 11.8. The van der Waals surface area contributed by atoms with Gasteiger partial charge in [-0.05, 0) is 19.3 Å². The number of thiocarbonyl (C=S) groups is 1. The Morgan fingerprint density at radius 2 is 2.33 bits per heavy atom. The molecule has 0 aromatic carbocycles. The van der Waals surface area contributed by atoms with Gasteiger partial charge in [-0.15, -0.1) is 0 Å². The van der Waals surface area contributed by atoms with Crippen LogP contribution in [0.2, 0.25) is 0 Å². The summed E-state index contributed by atoms with van der Waals surface area (Å²) in [6, 6.07) is 0. The fraction of sp³-hybridized carbons (Fsp3) is 0.800. The van der Waals surface area contributed by atoms with E-state index in [-0.39, 0.29) is 12.0 Å². The van der Waals surface area contributed by atoms with Gasteiger partial charge in [0.25, 0.3) is 0 Å². The van der Waals surface area contributed by atoms with Crippen molar-refractivity contribution in [1.29, 1.82) is 0 Å². The van der Waals surface area contributed by atoms with E-state index in [1.165, 1.54) is 0 Å². The molecule has 1 amide bonds. The summed E-state index contributed by atoms with van der Waals surface area (Å²) in [7, 11) is 0. The number of carbonyl (C=O) groups excluding carboxylic acids is 1. The average molecular weight is 230 g/mol. The topological polar surface area (TPSA) is 64.3 Å². The molecule has 5 heteroatoms. The van der Waals surface area contributed by atoms with Crippen LogP contribution in [0.15, 0.2) is 0 Å². The molecule has 1 atom stereocenters. The first-order valence-corrected chi connectivity index (χ1v) is 5.76. The van der Waals surface area contributed by atoms with Gasteiger partial charge in [0.1, 0.15) is 0 Å². The van der Waals surface area contributed by atoms with E-state index in [9.17, 15) is 4.79 Å². The van der Waals surface area contributed by atoms with E-state index in [1.54, 1.807) is 0 Å². The van der Waals surface area contributed by atoms with Crippen LogP contribution in [0.5, 0.6) is 0 Å². The van der Waals surface area contributed by atoms with Crippen LogP contribution in [-0.4, -0.2) is 30.2 Å². The Morgan fingerprint density at radius 1 is 1.53 bits per heavy atom. The van der Waals surface area contributed by atoms with Gasteiger partial charge < -0.3 is 15.8 Å². The van der Waals surface area contributed by atoms with E-state index in [0.717, 1.165) is 25.9 Å². The predicted molar refractivity (Wildman–Crippen MR) is 62.6 cm³/mol. The van der Waals surface area contributed by atoms with Gasteiger partial charge in [-0.2, -0.15) is 0 Å². The second-order valence-corrected chi connectivity index (χ2v) is 4.26. The molecule has 0 spiro atoms. The van der Waals surface area contributed by atoms with Gasteiger partial charge in [-0.25, -0.2) is 0 Å². The Labute approximate surface area is 95.5 Å². The van der Waals surface area contributed by atoms with Crippen LogP contribution in [0.3, 0.4) is 0 Å². The Hall–Kier alpha value is -0.680. The molecule has 1 rings (SSSR count). The van der Waals surface area contributed by atoms with Crippen LogP contribution < -0.4 is 11.1 Å². The maximum atomic E-state index is 11.3. The Bertz CT molecular complexity index is 227. The van der Waals surface area contributed by atoms with E-state index in [1.807, 2.05) is 0 Å². The van der Waals surface area contributed by atoms with Crippen LogP contribution in [-0.2, 0) is 9.53 Å². The van der Waals surface area contributed by atoms with E-state index in [2.05, 4.69) is 5.32 Å². The molecule has 0 aromatic rings. The molecule has 0 bridgehead atoms. The maximum Gasteiger partial charge on any atom is 0.220 e. The number of hydrogen-bond acceptors (Lipinski definition) is 3. The van der Waals surface area contributed by atoms with Crippen LogP contribution in [0.4, 0.5) is 0 Å². The van der Waals surface area contributed by atoms with Crippen LogP contribution in [0.25, 0.3) is 0 Å². The van der Waals surface area contributed by atoms with E-state index in [0.29, 0.717) is 24.4 Å². The van der Waals surface area contributed by atoms with E-state index >= 15 is 0 Å². The van der Waals surface area contributed by atoms with E-state index < -0.39 is 0 Å². The van der Waals surface area contributed by atoms with Crippen molar-refractivity contribution in [2.24, 2.45) is 5.73 Å². The van der Waals surface area contributed by atoms with Gasteiger partial charge in [0.15, 0.2) is 0 Å². The highest BCUT2D eigenvalue weighted by molar-refractivity contribution is 7.80. The van der Waals surface area contributed by atoms with Crippen LogP contribution >= 0.6 is 12.2 Å². The summed E-state index contributed by atoms with van der Waals surface area (Å²) in [5, 5.41) is 2.78. The summed E-state index contributed by atoms with van der Waals surface area (Å²) in [5.74, 6) is 0.0572. The zero-order chi connectivity index (χ0) is 11.1. The lowest BCUT2D eigenvalue weighted by molar-refractivity contribution is -0.121. The number of rotatable bonds is 6. The molecule has 0 aliphatic carbocycles. The fourth-order valence-corrected chi connectivity index (χ4v) is 1.68. The van der Waals surface area contributed by atoms with Crippen molar-refractivity contribution >= 4 is 23.1 Å². The number of carbonyl (C=O) groups is 1. The molecule has 1 heterocycles. The lowest BCUT2D eigenvalue weighted by Gasteiger charge is -2.08. The summed E-state index contributed by atoms with van der Waals surface area (Å²) < 4.78 is 5.43. The summed E-state index contributed by atoms with van der Waals surface area (Å²) >= 11 is 4.71. The summed E-state index contributed by atoms with van der Waals surface area (Å²) in [6.45, 7) is 1.38. The molecule has 86 valence electrons. The molecule has 15 heavy (non-hydrogen) atoms. The van der Waals surface area contributed by atoms with Gasteiger partial charge in [0.05, 0.1) is 11.1 Å². The minimum Gasteiger partial charge on any atom is -0.393 e. The van der Waals surface area contributed by atoms with Crippen LogP contribution in [0.1, 0.15) is 32.1 Å². The van der Waals surface area contributed by atoms with Crippen molar-refractivity contribution in [3.63, 3.8) is 0 Å². The highest BCUT2D eigenvalue weighted by atomic mass is 32.1.